The van der Waals surface area contributed by atoms with Crippen molar-refractivity contribution in [3.8, 4) is 0 Å². The fraction of sp³-hybridized carbons (Fsp3) is 0.588. The summed E-state index contributed by atoms with van der Waals surface area (Å²) in [5, 5.41) is 10.3. The molecule has 110 valence electrons. The van der Waals surface area contributed by atoms with Gasteiger partial charge in [0.1, 0.15) is 0 Å². The number of carbonyl (C=O) groups excluding carboxylic acids is 1. The van der Waals surface area contributed by atoms with Crippen LogP contribution in [0.15, 0.2) is 30.3 Å². The molecule has 1 N–H and O–H groups in total. The maximum absolute atomic E-state index is 12.2. The highest BCUT2D eigenvalue weighted by molar-refractivity contribution is 5.77. The van der Waals surface area contributed by atoms with E-state index in [-0.39, 0.29) is 11.9 Å². The minimum absolute atomic E-state index is 0.191. The molecule has 0 saturated carbocycles. The van der Waals surface area contributed by atoms with Crippen molar-refractivity contribution in [3.05, 3.63) is 35.9 Å². The van der Waals surface area contributed by atoms with Crippen LogP contribution in [0.2, 0.25) is 0 Å². The third-order valence-electron chi connectivity index (χ3n) is 3.96. The van der Waals surface area contributed by atoms with Crippen molar-refractivity contribution in [2.45, 2.75) is 51.7 Å². The van der Waals surface area contributed by atoms with Gasteiger partial charge in [0, 0.05) is 19.0 Å². The molecule has 1 aromatic carbocycles. The monoisotopic (exact) mass is 275 g/mol. The number of aliphatic hydroxyl groups is 1. The molecule has 0 bridgehead atoms. The molecule has 1 aliphatic heterocycles. The number of aliphatic hydroxyl groups excluding tert-OH is 1. The summed E-state index contributed by atoms with van der Waals surface area (Å²) in [6.07, 6.45) is 2.84. The maximum Gasteiger partial charge on any atom is 0.223 e. The second-order valence-corrected chi connectivity index (χ2v) is 6.14. The molecule has 0 radical (unpaired) electrons. The lowest BCUT2D eigenvalue weighted by Crippen LogP contribution is -2.37. The van der Waals surface area contributed by atoms with Crippen molar-refractivity contribution in [1.82, 2.24) is 4.90 Å². The Kier molecular flexibility index (Phi) is 5.18. The predicted molar refractivity (Wildman–Crippen MR) is 80.2 cm³/mol. The van der Waals surface area contributed by atoms with Crippen molar-refractivity contribution in [3.63, 3.8) is 0 Å². The quantitative estimate of drug-likeness (QED) is 0.896. The number of nitrogens with zero attached hydrogens (tertiary/aromatic N) is 1. The van der Waals surface area contributed by atoms with E-state index in [1.165, 1.54) is 0 Å². The largest absolute Gasteiger partial charge is 0.388 e. The molecule has 1 aromatic rings. The van der Waals surface area contributed by atoms with E-state index in [1.807, 2.05) is 35.2 Å². The Bertz CT molecular complexity index is 430. The van der Waals surface area contributed by atoms with Gasteiger partial charge in [-0.1, -0.05) is 44.2 Å². The second kappa shape index (κ2) is 6.89. The fourth-order valence-corrected chi connectivity index (χ4v) is 2.94. The smallest absolute Gasteiger partial charge is 0.223 e. The number of rotatable bonds is 5. The van der Waals surface area contributed by atoms with Gasteiger partial charge in [-0.05, 0) is 30.7 Å². The second-order valence-electron chi connectivity index (χ2n) is 6.14. The summed E-state index contributed by atoms with van der Waals surface area (Å²) >= 11 is 0. The zero-order chi connectivity index (χ0) is 14.5. The first kappa shape index (κ1) is 15.0. The average Bonchev–Trinajstić information content (AvgIpc) is 2.87. The van der Waals surface area contributed by atoms with E-state index >= 15 is 0 Å². The van der Waals surface area contributed by atoms with Gasteiger partial charge in [-0.25, -0.2) is 0 Å². The highest BCUT2D eigenvalue weighted by Gasteiger charge is 2.30. The molecule has 2 rings (SSSR count). The molecular formula is C17H25NO2. The van der Waals surface area contributed by atoms with Crippen LogP contribution < -0.4 is 0 Å². The van der Waals surface area contributed by atoms with Crippen molar-refractivity contribution >= 4 is 5.91 Å². The van der Waals surface area contributed by atoms with Crippen molar-refractivity contribution in [1.29, 1.82) is 0 Å². The SMILES string of the molecule is CC(C)CC(=O)N1CCC[C@@H]1C[C@H](O)c1ccccc1. The number of amides is 1. The summed E-state index contributed by atoms with van der Waals surface area (Å²) in [7, 11) is 0. The molecule has 0 unspecified atom stereocenters. The summed E-state index contributed by atoms with van der Waals surface area (Å²) < 4.78 is 0. The Morgan fingerprint density at radius 2 is 2.05 bits per heavy atom. The summed E-state index contributed by atoms with van der Waals surface area (Å²) in [6.45, 7) is 4.99. The highest BCUT2D eigenvalue weighted by atomic mass is 16.3. The van der Waals surface area contributed by atoms with E-state index in [4.69, 9.17) is 0 Å². The molecule has 1 heterocycles. The summed E-state index contributed by atoms with van der Waals surface area (Å²) in [5.41, 5.74) is 0.940. The Balaban J connectivity index is 1.96. The third-order valence-corrected chi connectivity index (χ3v) is 3.96. The van der Waals surface area contributed by atoms with Crippen LogP contribution in [0.4, 0.5) is 0 Å². The van der Waals surface area contributed by atoms with E-state index in [1.54, 1.807) is 0 Å². The molecule has 0 aliphatic carbocycles. The Labute approximate surface area is 121 Å². The Hall–Kier alpha value is -1.35. The van der Waals surface area contributed by atoms with Crippen LogP contribution in [0.5, 0.6) is 0 Å². The van der Waals surface area contributed by atoms with Crippen LogP contribution in [-0.2, 0) is 4.79 Å². The first-order valence-corrected chi connectivity index (χ1v) is 7.60. The van der Waals surface area contributed by atoms with Gasteiger partial charge < -0.3 is 10.0 Å². The fourth-order valence-electron chi connectivity index (χ4n) is 2.94. The van der Waals surface area contributed by atoms with Gasteiger partial charge in [-0.2, -0.15) is 0 Å². The summed E-state index contributed by atoms with van der Waals surface area (Å²) in [4.78, 5) is 14.2. The number of benzene rings is 1. The van der Waals surface area contributed by atoms with E-state index in [9.17, 15) is 9.90 Å². The summed E-state index contributed by atoms with van der Waals surface area (Å²) in [6, 6.07) is 9.91. The van der Waals surface area contributed by atoms with Gasteiger partial charge in [0.15, 0.2) is 0 Å². The molecule has 0 spiro atoms. The molecule has 2 atom stereocenters. The lowest BCUT2D eigenvalue weighted by molar-refractivity contribution is -0.133. The molecule has 20 heavy (non-hydrogen) atoms. The van der Waals surface area contributed by atoms with Crippen LogP contribution in [0.1, 0.15) is 51.2 Å². The van der Waals surface area contributed by atoms with E-state index in [0.717, 1.165) is 24.9 Å². The zero-order valence-corrected chi connectivity index (χ0v) is 12.5. The van der Waals surface area contributed by atoms with Gasteiger partial charge >= 0.3 is 0 Å². The first-order chi connectivity index (χ1) is 9.58. The Morgan fingerprint density at radius 1 is 1.35 bits per heavy atom. The van der Waals surface area contributed by atoms with Crippen molar-refractivity contribution in [2.75, 3.05) is 6.54 Å². The maximum atomic E-state index is 12.2. The number of likely N-dealkylation sites (tertiary alicyclic amines) is 1. The van der Waals surface area contributed by atoms with Gasteiger partial charge in [0.25, 0.3) is 0 Å². The molecule has 1 aliphatic rings. The molecule has 3 nitrogen and oxygen atoms in total. The normalized spacial score (nSPS) is 20.4. The zero-order valence-electron chi connectivity index (χ0n) is 12.5. The van der Waals surface area contributed by atoms with Crippen molar-refractivity contribution < 1.29 is 9.90 Å². The van der Waals surface area contributed by atoms with Crippen molar-refractivity contribution in [2.24, 2.45) is 5.92 Å². The molecular weight excluding hydrogens is 250 g/mol. The lowest BCUT2D eigenvalue weighted by Gasteiger charge is -2.27. The van der Waals surface area contributed by atoms with Crippen LogP contribution in [0, 0.1) is 5.92 Å². The van der Waals surface area contributed by atoms with E-state index in [0.29, 0.717) is 18.8 Å². The Morgan fingerprint density at radius 3 is 2.70 bits per heavy atom. The van der Waals surface area contributed by atoms with Crippen LogP contribution >= 0.6 is 0 Å². The first-order valence-electron chi connectivity index (χ1n) is 7.60. The lowest BCUT2D eigenvalue weighted by atomic mass is 10.00. The minimum atomic E-state index is -0.478. The topological polar surface area (TPSA) is 40.5 Å². The van der Waals surface area contributed by atoms with Gasteiger partial charge in [-0.3, -0.25) is 4.79 Å². The predicted octanol–water partition coefficient (Wildman–Crippen LogP) is 3.15. The molecule has 0 aromatic heterocycles. The van der Waals surface area contributed by atoms with E-state index in [2.05, 4.69) is 13.8 Å². The molecule has 1 saturated heterocycles. The minimum Gasteiger partial charge on any atom is -0.388 e. The standard InChI is InChI=1S/C17H25NO2/c1-13(2)11-17(20)18-10-6-9-15(18)12-16(19)14-7-4-3-5-8-14/h3-5,7-8,13,15-16,19H,6,9-12H2,1-2H3/t15-,16+/m1/s1. The molecule has 1 amide bonds. The number of carbonyl (C=O) groups is 1. The summed E-state index contributed by atoms with van der Waals surface area (Å²) in [5.74, 6) is 0.630. The van der Waals surface area contributed by atoms with Gasteiger partial charge in [0.05, 0.1) is 6.10 Å². The van der Waals surface area contributed by atoms with Crippen LogP contribution in [0.3, 0.4) is 0 Å². The third kappa shape index (κ3) is 3.83. The van der Waals surface area contributed by atoms with E-state index < -0.39 is 6.10 Å². The van der Waals surface area contributed by atoms with Gasteiger partial charge in [0.2, 0.25) is 5.91 Å². The average molecular weight is 275 g/mol. The number of hydrogen-bond acceptors (Lipinski definition) is 2. The molecule has 3 heteroatoms. The number of hydrogen-bond donors (Lipinski definition) is 1. The molecule has 1 fully saturated rings. The van der Waals surface area contributed by atoms with Gasteiger partial charge in [-0.15, -0.1) is 0 Å². The van der Waals surface area contributed by atoms with Crippen LogP contribution in [-0.4, -0.2) is 28.5 Å². The van der Waals surface area contributed by atoms with Crippen LogP contribution in [0.25, 0.3) is 0 Å². The highest BCUT2D eigenvalue weighted by Crippen LogP contribution is 2.28.